The summed E-state index contributed by atoms with van der Waals surface area (Å²) in [5, 5.41) is 0.303. The molecule has 6 nitrogen and oxygen atoms in total. The maximum absolute atomic E-state index is 14.3. The molecule has 3 aromatic heterocycles. The van der Waals surface area contributed by atoms with Gasteiger partial charge < -0.3 is 4.57 Å². The van der Waals surface area contributed by atoms with Crippen LogP contribution in [0.15, 0.2) is 218 Å². The highest BCUT2D eigenvalue weighted by Gasteiger charge is 2.39. The van der Waals surface area contributed by atoms with Crippen molar-refractivity contribution in [3.63, 3.8) is 0 Å². The van der Waals surface area contributed by atoms with Gasteiger partial charge in [0, 0.05) is 44.2 Å². The summed E-state index contributed by atoms with van der Waals surface area (Å²) in [5.74, 6) is 1.24. The number of fused-ring (bicyclic) bond motifs is 3. The maximum Gasteiger partial charge on any atom is 0.416 e. The Labute approximate surface area is 463 Å². The number of alkyl halides is 12. The van der Waals surface area contributed by atoms with Gasteiger partial charge >= 0.3 is 24.7 Å². The van der Waals surface area contributed by atoms with Crippen molar-refractivity contribution in [2.45, 2.75) is 24.7 Å². The monoisotopic (exact) mass is 1130 g/mol. The van der Waals surface area contributed by atoms with E-state index >= 15 is 0 Å². The van der Waals surface area contributed by atoms with Gasteiger partial charge in [0.25, 0.3) is 0 Å². The SMILES string of the molecule is FC(F)(F)c1cc(-c2ccc3c(c2)c2cc(-c4cc(C(F)(F)F)cc(C(F)(F)F)c4)ccc2n3-c2ccc(-c3nc(-c4ccccc4)nc(-c4ccccc4)n3)cc2-c2cc(-c3ccccc3)nc(-c3ccccc3)n2)cc(C(F)(F)F)c1. The summed E-state index contributed by atoms with van der Waals surface area (Å²) in [6.07, 6.45) is -20.8. The lowest BCUT2D eigenvalue weighted by atomic mass is 9.96. The van der Waals surface area contributed by atoms with E-state index in [1.807, 2.05) is 121 Å². The van der Waals surface area contributed by atoms with Crippen LogP contribution in [0.5, 0.6) is 0 Å². The van der Waals surface area contributed by atoms with Crippen molar-refractivity contribution in [2.75, 3.05) is 0 Å². The van der Waals surface area contributed by atoms with Crippen LogP contribution in [0, 0.1) is 0 Å². The first kappa shape index (κ1) is 53.7. The molecule has 0 radical (unpaired) electrons. The van der Waals surface area contributed by atoms with Gasteiger partial charge in [0.2, 0.25) is 0 Å². The standard InChI is InChI=1S/C65H36F12N6/c66-62(67,68)46-27-44(28-47(34-46)63(69,70)71)41-21-24-55-50(31-41)51-32-42(45-29-48(64(72,73)74)35-49(30-45)65(75,76)77)22-25-56(51)83(55)57-26-23-43(61-81-59(39-17-9-3-10-18-39)80-60(82-61)40-19-11-4-12-20-40)33-52(57)54-36-53(37-13-5-1-6-14-37)78-58(79-54)38-15-7-2-8-16-38/h1-36H. The first-order valence-electron chi connectivity index (χ1n) is 25.3. The molecule has 0 amide bonds. The molecule has 12 aromatic rings. The Bertz CT molecular complexity index is 4110. The minimum Gasteiger partial charge on any atom is -0.309 e. The van der Waals surface area contributed by atoms with Crippen molar-refractivity contribution in [2.24, 2.45) is 0 Å². The van der Waals surface area contributed by atoms with Crippen LogP contribution in [0.1, 0.15) is 22.3 Å². The summed E-state index contributed by atoms with van der Waals surface area (Å²) in [6, 6.07) is 54.4. The van der Waals surface area contributed by atoms with E-state index in [4.69, 9.17) is 24.9 Å². The van der Waals surface area contributed by atoms with Crippen molar-refractivity contribution in [3.8, 4) is 96.0 Å². The fourth-order valence-electron chi connectivity index (χ4n) is 9.96. The molecular weight excluding hydrogens is 1090 g/mol. The van der Waals surface area contributed by atoms with E-state index in [1.165, 1.54) is 36.4 Å². The van der Waals surface area contributed by atoms with Crippen LogP contribution in [0.4, 0.5) is 52.7 Å². The van der Waals surface area contributed by atoms with Crippen LogP contribution in [0.2, 0.25) is 0 Å². The zero-order chi connectivity index (χ0) is 58.0. The summed E-state index contributed by atoms with van der Waals surface area (Å²) < 4.78 is 174. The lowest BCUT2D eigenvalue weighted by molar-refractivity contribution is -0.144. The largest absolute Gasteiger partial charge is 0.416 e. The number of aromatic nitrogens is 6. The highest BCUT2D eigenvalue weighted by atomic mass is 19.4. The molecule has 410 valence electrons. The molecule has 0 saturated carbocycles. The minimum absolute atomic E-state index is 0.00284. The van der Waals surface area contributed by atoms with E-state index < -0.39 is 58.1 Å². The quantitative estimate of drug-likeness (QED) is 0.135. The number of nitrogens with zero attached hydrogens (tertiary/aromatic N) is 6. The lowest BCUT2D eigenvalue weighted by Gasteiger charge is -2.17. The molecule has 0 saturated heterocycles. The van der Waals surface area contributed by atoms with Crippen molar-refractivity contribution < 1.29 is 52.7 Å². The number of hydrogen-bond donors (Lipinski definition) is 0. The number of benzene rings is 9. The Hall–Kier alpha value is -9.97. The lowest BCUT2D eigenvalue weighted by Crippen LogP contribution is -2.11. The Morgan fingerprint density at radius 3 is 0.976 bits per heavy atom. The van der Waals surface area contributed by atoms with Gasteiger partial charge in [0.15, 0.2) is 23.3 Å². The highest BCUT2D eigenvalue weighted by molar-refractivity contribution is 6.12. The van der Waals surface area contributed by atoms with Gasteiger partial charge in [-0.05, 0) is 107 Å². The number of halogens is 12. The molecule has 0 aliphatic carbocycles. The molecule has 9 aromatic carbocycles. The molecule has 0 spiro atoms. The van der Waals surface area contributed by atoms with Gasteiger partial charge in [-0.3, -0.25) is 0 Å². The van der Waals surface area contributed by atoms with E-state index in [-0.39, 0.29) is 50.9 Å². The molecule has 3 heterocycles. The second-order valence-corrected chi connectivity index (χ2v) is 19.4. The predicted molar refractivity (Wildman–Crippen MR) is 293 cm³/mol. The number of hydrogen-bond acceptors (Lipinski definition) is 5. The summed E-state index contributed by atoms with van der Waals surface area (Å²) in [6.45, 7) is 0. The molecule has 0 bridgehead atoms. The molecular formula is C65H36F12N6. The van der Waals surface area contributed by atoms with Crippen molar-refractivity contribution in [1.29, 1.82) is 0 Å². The van der Waals surface area contributed by atoms with E-state index in [0.29, 0.717) is 92.2 Å². The van der Waals surface area contributed by atoms with Crippen molar-refractivity contribution in [1.82, 2.24) is 29.5 Å². The fourth-order valence-corrected chi connectivity index (χ4v) is 9.96. The number of rotatable bonds is 9. The smallest absolute Gasteiger partial charge is 0.309 e. The molecule has 0 N–H and O–H groups in total. The molecule has 83 heavy (non-hydrogen) atoms. The van der Waals surface area contributed by atoms with Gasteiger partial charge in [0.1, 0.15) is 0 Å². The van der Waals surface area contributed by atoms with Gasteiger partial charge in [-0.2, -0.15) is 52.7 Å². The van der Waals surface area contributed by atoms with E-state index in [0.717, 1.165) is 0 Å². The second kappa shape index (κ2) is 20.5. The molecule has 0 aliphatic rings. The average molecular weight is 1130 g/mol. The molecule has 18 heteroatoms. The van der Waals surface area contributed by atoms with Crippen LogP contribution < -0.4 is 0 Å². The Kier molecular flexibility index (Phi) is 13.3. The third-order valence-corrected chi connectivity index (χ3v) is 13.9. The van der Waals surface area contributed by atoms with Gasteiger partial charge in [-0.1, -0.05) is 133 Å². The topological polar surface area (TPSA) is 69.4 Å². The third kappa shape index (κ3) is 10.8. The molecule has 0 unspecified atom stereocenters. The van der Waals surface area contributed by atoms with E-state index in [2.05, 4.69) is 0 Å². The van der Waals surface area contributed by atoms with Gasteiger partial charge in [0.05, 0.1) is 50.4 Å². The summed E-state index contributed by atoms with van der Waals surface area (Å²) >= 11 is 0. The van der Waals surface area contributed by atoms with Crippen LogP contribution in [-0.2, 0) is 24.7 Å². The van der Waals surface area contributed by atoms with Crippen molar-refractivity contribution >= 4 is 21.8 Å². The Morgan fingerprint density at radius 2 is 0.590 bits per heavy atom. The fraction of sp³-hybridized carbons (Fsp3) is 0.0615. The van der Waals surface area contributed by atoms with Crippen LogP contribution in [0.25, 0.3) is 118 Å². The summed E-state index contributed by atoms with van der Waals surface area (Å²) in [5.41, 5.74) is -2.19. The normalized spacial score (nSPS) is 12.3. The zero-order valence-electron chi connectivity index (χ0n) is 42.5. The third-order valence-electron chi connectivity index (χ3n) is 13.9. The van der Waals surface area contributed by atoms with Crippen molar-refractivity contribution in [3.05, 3.63) is 241 Å². The van der Waals surface area contributed by atoms with Crippen LogP contribution in [0.3, 0.4) is 0 Å². The molecule has 12 rings (SSSR count). The van der Waals surface area contributed by atoms with Gasteiger partial charge in [-0.25, -0.2) is 24.9 Å². The van der Waals surface area contributed by atoms with Crippen LogP contribution in [-0.4, -0.2) is 29.5 Å². The summed E-state index contributed by atoms with van der Waals surface area (Å²) in [7, 11) is 0. The Morgan fingerprint density at radius 1 is 0.253 bits per heavy atom. The van der Waals surface area contributed by atoms with Gasteiger partial charge in [-0.15, -0.1) is 0 Å². The average Bonchev–Trinajstić information content (AvgIpc) is 2.24. The maximum atomic E-state index is 14.3. The zero-order valence-corrected chi connectivity index (χ0v) is 42.5. The summed E-state index contributed by atoms with van der Waals surface area (Å²) in [4.78, 5) is 25.0. The molecule has 0 aliphatic heterocycles. The second-order valence-electron chi connectivity index (χ2n) is 19.4. The molecule has 0 atom stereocenters. The Balaban J connectivity index is 1.17. The first-order chi connectivity index (χ1) is 39.6. The van der Waals surface area contributed by atoms with Crippen LogP contribution >= 0.6 is 0 Å². The van der Waals surface area contributed by atoms with E-state index in [1.54, 1.807) is 28.8 Å². The predicted octanol–water partition coefficient (Wildman–Crippen LogP) is 19.2. The minimum atomic E-state index is -5.21. The molecule has 0 fully saturated rings. The first-order valence-corrected chi connectivity index (χ1v) is 25.3. The highest BCUT2D eigenvalue weighted by Crippen LogP contribution is 2.45. The van der Waals surface area contributed by atoms with E-state index in [9.17, 15) is 52.7 Å².